The Morgan fingerprint density at radius 1 is 1.10 bits per heavy atom. The van der Waals surface area contributed by atoms with Crippen molar-refractivity contribution in [1.82, 2.24) is 4.57 Å². The lowest BCUT2D eigenvalue weighted by Crippen LogP contribution is -2.25. The number of hydrogen-bond acceptors (Lipinski definition) is 3. The maximum atomic E-state index is 12.3. The number of carboxylic acid groups (broad SMARTS) is 1. The predicted octanol–water partition coefficient (Wildman–Crippen LogP) is 4.51. The van der Waals surface area contributed by atoms with Crippen LogP contribution in [0.5, 0.6) is 0 Å². The Morgan fingerprint density at radius 3 is 2.62 bits per heavy atom. The number of esters is 1. The quantitative estimate of drug-likeness (QED) is 0.652. The Morgan fingerprint density at radius 2 is 1.90 bits per heavy atom. The van der Waals surface area contributed by atoms with Crippen molar-refractivity contribution < 1.29 is 19.4 Å². The zero-order valence-electron chi connectivity index (χ0n) is 16.3. The molecule has 1 N–H and O–H groups in total. The Bertz CT molecular complexity index is 1050. The summed E-state index contributed by atoms with van der Waals surface area (Å²) in [7, 11) is 0. The summed E-state index contributed by atoms with van der Waals surface area (Å²) in [5.74, 6) is -1.22. The van der Waals surface area contributed by atoms with Gasteiger partial charge in [0.15, 0.2) is 0 Å². The van der Waals surface area contributed by atoms with Crippen LogP contribution in [0.4, 0.5) is 0 Å². The van der Waals surface area contributed by atoms with Gasteiger partial charge in [-0.05, 0) is 61.6 Å². The first-order chi connectivity index (χ1) is 14.1. The summed E-state index contributed by atoms with van der Waals surface area (Å²) in [5, 5.41) is 9.42. The monoisotopic (exact) mass is 389 g/mol. The van der Waals surface area contributed by atoms with Crippen molar-refractivity contribution in [2.45, 2.75) is 26.2 Å². The second-order valence-electron chi connectivity index (χ2n) is 7.25. The van der Waals surface area contributed by atoms with E-state index < -0.39 is 5.97 Å². The molecule has 0 saturated carbocycles. The average molecular weight is 389 g/mol. The van der Waals surface area contributed by atoms with Crippen LogP contribution in [0.3, 0.4) is 0 Å². The second kappa shape index (κ2) is 7.95. The molecule has 5 heteroatoms. The minimum absolute atomic E-state index is 0.132. The molecule has 29 heavy (non-hydrogen) atoms. The maximum Gasteiger partial charge on any atom is 0.335 e. The van der Waals surface area contributed by atoms with Crippen molar-refractivity contribution in [3.63, 3.8) is 0 Å². The minimum atomic E-state index is -0.948. The van der Waals surface area contributed by atoms with E-state index in [-0.39, 0.29) is 17.5 Å². The summed E-state index contributed by atoms with van der Waals surface area (Å²) in [4.78, 5) is 23.8. The van der Waals surface area contributed by atoms with Crippen molar-refractivity contribution in [1.29, 1.82) is 0 Å². The Kier molecular flexibility index (Phi) is 5.21. The molecular formula is C24H23NO4. The Balaban J connectivity index is 1.83. The van der Waals surface area contributed by atoms with Crippen LogP contribution in [0.25, 0.3) is 16.9 Å². The molecular weight excluding hydrogens is 366 g/mol. The normalized spacial score (nSPS) is 15.6. The fourth-order valence-corrected chi connectivity index (χ4v) is 4.09. The Labute approximate surface area is 169 Å². The van der Waals surface area contributed by atoms with Gasteiger partial charge < -0.3 is 14.4 Å². The zero-order valence-corrected chi connectivity index (χ0v) is 16.3. The van der Waals surface area contributed by atoms with Gasteiger partial charge in [0.25, 0.3) is 0 Å². The van der Waals surface area contributed by atoms with E-state index in [0.717, 1.165) is 41.0 Å². The standard InChI is InChI=1S/C24H23NO4/c1-2-29-24(28)18-11-12-21-19(13-18)15-22(16-7-4-3-5-8-16)25(21)20-10-6-9-17(14-20)23(26)27/h3-10,14-15,18H,2,11-13H2,1H3,(H,26,27). The van der Waals surface area contributed by atoms with Gasteiger partial charge in [0.2, 0.25) is 0 Å². The lowest BCUT2D eigenvalue weighted by Gasteiger charge is -2.23. The molecule has 148 valence electrons. The molecule has 1 aliphatic carbocycles. The number of carboxylic acids is 1. The average Bonchev–Trinajstić information content (AvgIpc) is 3.13. The molecule has 0 fully saturated rings. The van der Waals surface area contributed by atoms with Gasteiger partial charge in [-0.25, -0.2) is 4.79 Å². The highest BCUT2D eigenvalue weighted by Crippen LogP contribution is 2.36. The molecule has 1 aromatic heterocycles. The second-order valence-corrected chi connectivity index (χ2v) is 7.25. The lowest BCUT2D eigenvalue weighted by molar-refractivity contribution is -0.148. The van der Waals surface area contributed by atoms with Crippen LogP contribution >= 0.6 is 0 Å². The number of rotatable bonds is 5. The van der Waals surface area contributed by atoms with E-state index in [9.17, 15) is 14.7 Å². The van der Waals surface area contributed by atoms with Gasteiger partial charge >= 0.3 is 11.9 Å². The van der Waals surface area contributed by atoms with Crippen molar-refractivity contribution in [3.8, 4) is 16.9 Å². The Hall–Kier alpha value is -3.34. The SMILES string of the molecule is CCOC(=O)C1CCc2c(cc(-c3ccccc3)n2-c2cccc(C(=O)O)c2)C1. The van der Waals surface area contributed by atoms with Crippen LogP contribution in [0.1, 0.15) is 35.0 Å². The number of ether oxygens (including phenoxy) is 1. The first-order valence-electron chi connectivity index (χ1n) is 9.87. The summed E-state index contributed by atoms with van der Waals surface area (Å²) in [5.41, 5.74) is 5.38. The van der Waals surface area contributed by atoms with E-state index in [0.29, 0.717) is 13.0 Å². The molecule has 1 atom stereocenters. The van der Waals surface area contributed by atoms with Crippen LogP contribution in [-0.2, 0) is 22.4 Å². The molecule has 5 nitrogen and oxygen atoms in total. The topological polar surface area (TPSA) is 68.5 Å². The van der Waals surface area contributed by atoms with Crippen molar-refractivity contribution in [2.75, 3.05) is 6.61 Å². The fraction of sp³-hybridized carbons (Fsp3) is 0.250. The number of carbonyl (C=O) groups excluding carboxylic acids is 1. The number of fused-ring (bicyclic) bond motifs is 1. The zero-order chi connectivity index (χ0) is 20.4. The third-order valence-corrected chi connectivity index (χ3v) is 5.43. The van der Waals surface area contributed by atoms with E-state index in [2.05, 4.69) is 10.6 Å². The van der Waals surface area contributed by atoms with Crippen LogP contribution in [0.15, 0.2) is 60.7 Å². The summed E-state index contributed by atoms with van der Waals surface area (Å²) in [6.07, 6.45) is 2.10. The third-order valence-electron chi connectivity index (χ3n) is 5.43. The maximum absolute atomic E-state index is 12.3. The van der Waals surface area contributed by atoms with Gasteiger partial charge in [-0.15, -0.1) is 0 Å². The van der Waals surface area contributed by atoms with Crippen LogP contribution in [0.2, 0.25) is 0 Å². The highest BCUT2D eigenvalue weighted by molar-refractivity contribution is 5.88. The van der Waals surface area contributed by atoms with Crippen LogP contribution < -0.4 is 0 Å². The number of benzene rings is 2. The van der Waals surface area contributed by atoms with Gasteiger partial charge in [-0.3, -0.25) is 4.79 Å². The van der Waals surface area contributed by atoms with E-state index in [1.165, 1.54) is 0 Å². The predicted molar refractivity (Wildman–Crippen MR) is 110 cm³/mol. The molecule has 0 amide bonds. The molecule has 0 radical (unpaired) electrons. The number of carbonyl (C=O) groups is 2. The fourth-order valence-electron chi connectivity index (χ4n) is 4.09. The van der Waals surface area contributed by atoms with Crippen molar-refractivity contribution in [3.05, 3.63) is 77.5 Å². The molecule has 0 bridgehead atoms. The molecule has 1 unspecified atom stereocenters. The summed E-state index contributed by atoms with van der Waals surface area (Å²) in [6, 6.07) is 19.2. The molecule has 3 aromatic rings. The highest BCUT2D eigenvalue weighted by Gasteiger charge is 2.30. The number of aromatic carboxylic acids is 1. The van der Waals surface area contributed by atoms with Gasteiger partial charge in [-0.1, -0.05) is 36.4 Å². The number of hydrogen-bond donors (Lipinski definition) is 1. The third kappa shape index (κ3) is 3.68. The first kappa shape index (κ1) is 19.0. The van der Waals surface area contributed by atoms with Gasteiger partial charge in [0.05, 0.1) is 23.8 Å². The van der Waals surface area contributed by atoms with Gasteiger partial charge in [-0.2, -0.15) is 0 Å². The number of aromatic nitrogens is 1. The van der Waals surface area contributed by atoms with E-state index >= 15 is 0 Å². The molecule has 0 saturated heterocycles. The van der Waals surface area contributed by atoms with Crippen LogP contribution in [-0.4, -0.2) is 28.2 Å². The van der Waals surface area contributed by atoms with Crippen molar-refractivity contribution in [2.24, 2.45) is 5.92 Å². The molecule has 0 aliphatic heterocycles. The summed E-state index contributed by atoms with van der Waals surface area (Å²) < 4.78 is 7.37. The molecule has 0 spiro atoms. The van der Waals surface area contributed by atoms with E-state index in [4.69, 9.17) is 4.74 Å². The molecule has 2 aromatic carbocycles. The van der Waals surface area contributed by atoms with E-state index in [1.807, 2.05) is 43.3 Å². The minimum Gasteiger partial charge on any atom is -0.478 e. The first-order valence-corrected chi connectivity index (χ1v) is 9.87. The van der Waals surface area contributed by atoms with Gasteiger partial charge in [0, 0.05) is 11.4 Å². The van der Waals surface area contributed by atoms with Crippen molar-refractivity contribution >= 4 is 11.9 Å². The van der Waals surface area contributed by atoms with Gasteiger partial charge in [0.1, 0.15) is 0 Å². The van der Waals surface area contributed by atoms with Crippen LogP contribution in [0, 0.1) is 5.92 Å². The molecule has 1 heterocycles. The summed E-state index contributed by atoms with van der Waals surface area (Å²) in [6.45, 7) is 2.21. The lowest BCUT2D eigenvalue weighted by atomic mass is 9.87. The molecule has 1 aliphatic rings. The smallest absolute Gasteiger partial charge is 0.335 e. The largest absolute Gasteiger partial charge is 0.478 e. The van der Waals surface area contributed by atoms with E-state index in [1.54, 1.807) is 18.2 Å². The summed E-state index contributed by atoms with van der Waals surface area (Å²) >= 11 is 0. The molecule has 4 rings (SSSR count). The number of nitrogens with zero attached hydrogens (tertiary/aromatic N) is 1. The highest BCUT2D eigenvalue weighted by atomic mass is 16.5.